The second-order valence-electron chi connectivity index (χ2n) is 3.73. The van der Waals surface area contributed by atoms with E-state index in [2.05, 4.69) is 10.1 Å². The maximum atomic E-state index is 11.3. The highest BCUT2D eigenvalue weighted by Crippen LogP contribution is 2.03. The summed E-state index contributed by atoms with van der Waals surface area (Å²) in [6.45, 7) is 0.327. The molecule has 0 aliphatic carbocycles. The van der Waals surface area contributed by atoms with Gasteiger partial charge in [0.2, 0.25) is 0 Å². The maximum absolute atomic E-state index is 11.3. The van der Waals surface area contributed by atoms with Crippen LogP contribution in [0, 0.1) is 0 Å². The summed E-state index contributed by atoms with van der Waals surface area (Å²) in [7, 11) is 0. The average molecular weight is 235 g/mol. The molecule has 1 N–H and O–H groups in total. The van der Waals surface area contributed by atoms with Crippen molar-refractivity contribution in [1.82, 2.24) is 5.32 Å². The van der Waals surface area contributed by atoms with Crippen LogP contribution in [-0.4, -0.2) is 31.1 Å². The van der Waals surface area contributed by atoms with Crippen molar-refractivity contribution in [3.05, 3.63) is 35.9 Å². The van der Waals surface area contributed by atoms with Gasteiger partial charge >= 0.3 is 5.97 Å². The highest BCUT2D eigenvalue weighted by molar-refractivity contribution is 5.90. The lowest BCUT2D eigenvalue weighted by atomic mass is 10.2. The minimum absolute atomic E-state index is 0.124. The van der Waals surface area contributed by atoms with E-state index in [0.717, 1.165) is 5.56 Å². The molecule has 1 saturated heterocycles. The Bertz CT molecular complexity index is 404. The highest BCUT2D eigenvalue weighted by Gasteiger charge is 2.27. The van der Waals surface area contributed by atoms with Crippen molar-refractivity contribution in [3.63, 3.8) is 0 Å². The number of morpholine rings is 1. The van der Waals surface area contributed by atoms with E-state index in [-0.39, 0.29) is 19.1 Å². The minimum atomic E-state index is -0.694. The van der Waals surface area contributed by atoms with E-state index in [4.69, 9.17) is 4.74 Å². The molecule has 0 bridgehead atoms. The lowest BCUT2D eigenvalue weighted by Crippen LogP contribution is -2.51. The molecule has 2 rings (SSSR count). The van der Waals surface area contributed by atoms with Crippen LogP contribution in [0.15, 0.2) is 30.3 Å². The molecule has 1 aliphatic rings. The molecule has 1 aliphatic heterocycles. The fourth-order valence-electron chi connectivity index (χ4n) is 1.51. The first-order valence-electron chi connectivity index (χ1n) is 5.33. The van der Waals surface area contributed by atoms with Gasteiger partial charge in [0.15, 0.2) is 12.6 Å². The lowest BCUT2D eigenvalue weighted by Gasteiger charge is -2.21. The van der Waals surface area contributed by atoms with Crippen molar-refractivity contribution in [2.75, 3.05) is 13.2 Å². The first-order valence-corrected chi connectivity index (χ1v) is 5.33. The van der Waals surface area contributed by atoms with Crippen LogP contribution >= 0.6 is 0 Å². The monoisotopic (exact) mass is 235 g/mol. The summed E-state index contributed by atoms with van der Waals surface area (Å²) >= 11 is 0. The summed E-state index contributed by atoms with van der Waals surface area (Å²) in [6, 6.07) is 8.91. The van der Waals surface area contributed by atoms with Crippen LogP contribution < -0.4 is 5.32 Å². The standard InChI is InChI=1S/C12H13NO4/c14-11-8-17-12(15)10(13-11)7-16-6-9-4-2-1-3-5-9/h1-5,10H,6-8H2,(H,13,14)/t10-/m0/s1. The molecule has 1 amide bonds. The second kappa shape index (κ2) is 5.45. The zero-order valence-electron chi connectivity index (χ0n) is 9.22. The van der Waals surface area contributed by atoms with Crippen LogP contribution in [0.1, 0.15) is 5.56 Å². The van der Waals surface area contributed by atoms with Gasteiger partial charge in [-0.15, -0.1) is 0 Å². The van der Waals surface area contributed by atoms with Crippen molar-refractivity contribution in [1.29, 1.82) is 0 Å². The Morgan fingerprint density at radius 2 is 2.06 bits per heavy atom. The Balaban J connectivity index is 1.78. The summed E-state index contributed by atoms with van der Waals surface area (Å²) in [6.07, 6.45) is 0. The third-order valence-corrected chi connectivity index (χ3v) is 2.36. The van der Waals surface area contributed by atoms with Crippen molar-refractivity contribution < 1.29 is 19.1 Å². The van der Waals surface area contributed by atoms with E-state index >= 15 is 0 Å². The quantitative estimate of drug-likeness (QED) is 0.759. The molecule has 1 aromatic carbocycles. The van der Waals surface area contributed by atoms with Crippen molar-refractivity contribution in [3.8, 4) is 0 Å². The molecule has 5 heteroatoms. The molecule has 5 nitrogen and oxygen atoms in total. The van der Waals surface area contributed by atoms with E-state index in [1.165, 1.54) is 0 Å². The molecule has 0 spiro atoms. The molecular formula is C12H13NO4. The van der Waals surface area contributed by atoms with Crippen LogP contribution in [-0.2, 0) is 25.7 Å². The Morgan fingerprint density at radius 3 is 2.82 bits per heavy atom. The van der Waals surface area contributed by atoms with Crippen molar-refractivity contribution in [2.24, 2.45) is 0 Å². The number of carbonyl (C=O) groups excluding carboxylic acids is 2. The van der Waals surface area contributed by atoms with Crippen LogP contribution in [0.3, 0.4) is 0 Å². The van der Waals surface area contributed by atoms with Crippen molar-refractivity contribution >= 4 is 11.9 Å². The largest absolute Gasteiger partial charge is 0.454 e. The van der Waals surface area contributed by atoms with Crippen LogP contribution in [0.4, 0.5) is 0 Å². The number of hydrogen-bond acceptors (Lipinski definition) is 4. The SMILES string of the molecule is O=C1COC(=O)[C@H](COCc2ccccc2)N1. The van der Waals surface area contributed by atoms with Gasteiger partial charge in [-0.05, 0) is 5.56 Å². The topological polar surface area (TPSA) is 64.6 Å². The van der Waals surface area contributed by atoms with Crippen LogP contribution in [0.2, 0.25) is 0 Å². The van der Waals surface area contributed by atoms with Gasteiger partial charge in [0.05, 0.1) is 13.2 Å². The van der Waals surface area contributed by atoms with E-state index in [9.17, 15) is 9.59 Å². The summed E-state index contributed by atoms with van der Waals surface area (Å²) < 4.78 is 10.0. The van der Waals surface area contributed by atoms with Gasteiger partial charge in [-0.3, -0.25) is 4.79 Å². The number of carbonyl (C=O) groups is 2. The summed E-state index contributed by atoms with van der Waals surface area (Å²) in [4.78, 5) is 22.3. The normalized spacial score (nSPS) is 19.6. The first kappa shape index (κ1) is 11.6. The van der Waals surface area contributed by atoms with E-state index in [1.807, 2.05) is 30.3 Å². The minimum Gasteiger partial charge on any atom is -0.454 e. The molecule has 1 aromatic rings. The number of esters is 1. The summed E-state index contributed by atoms with van der Waals surface area (Å²) in [5.41, 5.74) is 1.02. The van der Waals surface area contributed by atoms with Gasteiger partial charge in [-0.2, -0.15) is 0 Å². The van der Waals surface area contributed by atoms with Crippen LogP contribution in [0.5, 0.6) is 0 Å². The van der Waals surface area contributed by atoms with E-state index in [0.29, 0.717) is 6.61 Å². The predicted molar refractivity (Wildman–Crippen MR) is 59.0 cm³/mol. The molecule has 1 atom stereocenters. The molecule has 0 aromatic heterocycles. The number of benzene rings is 1. The number of ether oxygens (including phenoxy) is 2. The molecule has 17 heavy (non-hydrogen) atoms. The fourth-order valence-corrected chi connectivity index (χ4v) is 1.51. The Kier molecular flexibility index (Phi) is 3.72. The summed E-state index contributed by atoms with van der Waals surface area (Å²) in [5, 5.41) is 2.51. The molecule has 1 fully saturated rings. The molecule has 0 saturated carbocycles. The molecule has 1 heterocycles. The lowest BCUT2D eigenvalue weighted by molar-refractivity contribution is -0.159. The number of rotatable bonds is 4. The number of nitrogens with one attached hydrogen (secondary N) is 1. The Morgan fingerprint density at radius 1 is 1.29 bits per heavy atom. The van der Waals surface area contributed by atoms with Gasteiger partial charge in [0.1, 0.15) is 0 Å². The predicted octanol–water partition coefficient (Wildman–Crippen LogP) is 0.245. The average Bonchev–Trinajstić information content (AvgIpc) is 2.35. The highest BCUT2D eigenvalue weighted by atomic mass is 16.5. The van der Waals surface area contributed by atoms with Gasteiger partial charge in [-0.25, -0.2) is 4.79 Å². The third-order valence-electron chi connectivity index (χ3n) is 2.36. The van der Waals surface area contributed by atoms with E-state index < -0.39 is 12.0 Å². The third kappa shape index (κ3) is 3.29. The number of hydrogen-bond donors (Lipinski definition) is 1. The van der Waals surface area contributed by atoms with Gasteiger partial charge < -0.3 is 14.8 Å². The van der Waals surface area contributed by atoms with Gasteiger partial charge in [0, 0.05) is 0 Å². The Hall–Kier alpha value is -1.88. The zero-order chi connectivity index (χ0) is 12.1. The number of cyclic esters (lactones) is 1. The molecule has 90 valence electrons. The summed E-state index contributed by atoms with van der Waals surface area (Å²) in [5.74, 6) is -0.740. The second-order valence-corrected chi connectivity index (χ2v) is 3.73. The van der Waals surface area contributed by atoms with E-state index in [1.54, 1.807) is 0 Å². The molecule has 0 radical (unpaired) electrons. The van der Waals surface area contributed by atoms with Gasteiger partial charge in [-0.1, -0.05) is 30.3 Å². The fraction of sp³-hybridized carbons (Fsp3) is 0.333. The molecular weight excluding hydrogens is 222 g/mol. The maximum Gasteiger partial charge on any atom is 0.331 e. The smallest absolute Gasteiger partial charge is 0.331 e. The Labute approximate surface area is 98.7 Å². The zero-order valence-corrected chi connectivity index (χ0v) is 9.22. The van der Waals surface area contributed by atoms with Gasteiger partial charge in [0.25, 0.3) is 5.91 Å². The number of amides is 1. The van der Waals surface area contributed by atoms with Crippen LogP contribution in [0.25, 0.3) is 0 Å². The molecule has 0 unspecified atom stereocenters. The van der Waals surface area contributed by atoms with Crippen molar-refractivity contribution in [2.45, 2.75) is 12.6 Å². The first-order chi connectivity index (χ1) is 8.25.